The van der Waals surface area contributed by atoms with Crippen molar-refractivity contribution in [1.82, 2.24) is 15.6 Å². The van der Waals surface area contributed by atoms with Gasteiger partial charge in [-0.25, -0.2) is 4.98 Å². The van der Waals surface area contributed by atoms with Gasteiger partial charge in [-0.2, -0.15) is 0 Å². The van der Waals surface area contributed by atoms with Crippen molar-refractivity contribution in [2.75, 3.05) is 41.0 Å². The summed E-state index contributed by atoms with van der Waals surface area (Å²) in [4.78, 5) is 10.2. The molecule has 0 aliphatic heterocycles. The maximum atomic E-state index is 5.55. The van der Waals surface area contributed by atoms with Gasteiger partial charge in [-0.1, -0.05) is 6.07 Å². The predicted molar refractivity (Wildman–Crippen MR) is 130 cm³/mol. The lowest BCUT2D eigenvalue weighted by molar-refractivity contribution is 0.322. The molecule has 1 aromatic carbocycles. The van der Waals surface area contributed by atoms with Crippen LogP contribution in [0.25, 0.3) is 0 Å². The van der Waals surface area contributed by atoms with Gasteiger partial charge in [-0.15, -0.1) is 35.3 Å². The van der Waals surface area contributed by atoms with E-state index in [2.05, 4.69) is 34.5 Å². The summed E-state index contributed by atoms with van der Waals surface area (Å²) in [5.74, 6) is 2.77. The molecule has 0 radical (unpaired) electrons. The molecule has 0 saturated carbocycles. The minimum absolute atomic E-state index is 0. The Labute approximate surface area is 194 Å². The summed E-state index contributed by atoms with van der Waals surface area (Å²) >= 11 is 1.72. The zero-order valence-corrected chi connectivity index (χ0v) is 20.9. The van der Waals surface area contributed by atoms with Crippen LogP contribution >= 0.6 is 35.3 Å². The first-order valence-corrected chi connectivity index (χ1v) is 10.2. The average Bonchev–Trinajstić information content (AvgIpc) is 3.12. The van der Waals surface area contributed by atoms with Crippen molar-refractivity contribution in [2.24, 2.45) is 4.99 Å². The van der Waals surface area contributed by atoms with Gasteiger partial charge in [0.25, 0.3) is 0 Å². The van der Waals surface area contributed by atoms with Crippen molar-refractivity contribution < 1.29 is 14.2 Å². The molecule has 0 bridgehead atoms. The molecule has 1 aromatic heterocycles. The van der Waals surface area contributed by atoms with E-state index in [1.807, 2.05) is 18.3 Å². The van der Waals surface area contributed by atoms with Crippen molar-refractivity contribution >= 4 is 41.3 Å². The summed E-state index contributed by atoms with van der Waals surface area (Å²) in [6.45, 7) is 6.34. The molecule has 0 amide bonds. The van der Waals surface area contributed by atoms with Crippen LogP contribution in [0, 0.1) is 6.92 Å². The molecule has 0 fully saturated rings. The van der Waals surface area contributed by atoms with Crippen LogP contribution < -0.4 is 24.8 Å². The Morgan fingerprint density at radius 2 is 1.83 bits per heavy atom. The summed E-state index contributed by atoms with van der Waals surface area (Å²) in [5, 5.41) is 7.77. The van der Waals surface area contributed by atoms with E-state index >= 15 is 0 Å². The number of halogens is 1. The highest BCUT2D eigenvalue weighted by molar-refractivity contribution is 14.0. The van der Waals surface area contributed by atoms with Crippen molar-refractivity contribution in [1.29, 1.82) is 0 Å². The topological polar surface area (TPSA) is 77.0 Å². The predicted octanol–water partition coefficient (Wildman–Crippen LogP) is 3.44. The maximum absolute atomic E-state index is 5.55. The number of nitrogens with zero attached hydrogens (tertiary/aromatic N) is 2. The van der Waals surface area contributed by atoms with E-state index < -0.39 is 0 Å². The quantitative estimate of drug-likeness (QED) is 0.277. The Kier molecular flexibility index (Phi) is 11.7. The summed E-state index contributed by atoms with van der Waals surface area (Å²) < 4.78 is 16.3. The first-order valence-electron chi connectivity index (χ1n) is 9.34. The number of benzene rings is 1. The number of nitrogens with one attached hydrogen (secondary N) is 2. The number of thiazole rings is 1. The van der Waals surface area contributed by atoms with Gasteiger partial charge in [0, 0.05) is 42.7 Å². The number of guanidine groups is 1. The molecular formula is C20H31IN4O3S. The molecule has 2 aromatic rings. The highest BCUT2D eigenvalue weighted by Crippen LogP contribution is 2.39. The van der Waals surface area contributed by atoms with Crippen molar-refractivity contribution in [3.8, 4) is 17.2 Å². The fourth-order valence-electron chi connectivity index (χ4n) is 2.80. The largest absolute Gasteiger partial charge is 0.493 e. The number of aromatic nitrogens is 1. The molecule has 162 valence electrons. The van der Waals surface area contributed by atoms with Crippen LogP contribution in [0.4, 0.5) is 0 Å². The molecule has 2 rings (SSSR count). The number of aliphatic imine (C=N–C) groups is 1. The second kappa shape index (κ2) is 13.5. The van der Waals surface area contributed by atoms with Gasteiger partial charge in [0.15, 0.2) is 17.5 Å². The van der Waals surface area contributed by atoms with Crippen molar-refractivity contribution in [3.05, 3.63) is 33.8 Å². The fraction of sp³-hybridized carbons (Fsp3) is 0.500. The minimum atomic E-state index is 0. The van der Waals surface area contributed by atoms with Gasteiger partial charge in [0.1, 0.15) is 0 Å². The normalized spacial score (nSPS) is 10.9. The maximum Gasteiger partial charge on any atom is 0.203 e. The molecule has 0 aliphatic rings. The van der Waals surface area contributed by atoms with Gasteiger partial charge in [-0.3, -0.25) is 4.99 Å². The van der Waals surface area contributed by atoms with E-state index in [4.69, 9.17) is 14.2 Å². The summed E-state index contributed by atoms with van der Waals surface area (Å²) in [7, 11) is 4.87. The summed E-state index contributed by atoms with van der Waals surface area (Å²) in [6, 6.07) is 3.89. The van der Waals surface area contributed by atoms with E-state index in [0.29, 0.717) is 30.3 Å². The first kappa shape index (κ1) is 25.3. The van der Waals surface area contributed by atoms with Crippen LogP contribution in [0.5, 0.6) is 17.2 Å². The number of hydrogen-bond acceptors (Lipinski definition) is 6. The van der Waals surface area contributed by atoms with Crippen LogP contribution in [0.1, 0.15) is 22.4 Å². The molecule has 9 heteroatoms. The Morgan fingerprint density at radius 3 is 2.41 bits per heavy atom. The van der Waals surface area contributed by atoms with E-state index in [9.17, 15) is 0 Å². The van der Waals surface area contributed by atoms with E-state index in [1.54, 1.807) is 32.7 Å². The Balaban J connectivity index is 0.00000420. The third-order valence-electron chi connectivity index (χ3n) is 4.08. The second-order valence-corrected chi connectivity index (χ2v) is 7.36. The number of hydrogen-bond donors (Lipinski definition) is 2. The van der Waals surface area contributed by atoms with Gasteiger partial charge >= 0.3 is 0 Å². The minimum Gasteiger partial charge on any atom is -0.493 e. The highest BCUT2D eigenvalue weighted by Gasteiger charge is 2.15. The zero-order chi connectivity index (χ0) is 20.4. The molecule has 0 spiro atoms. The first-order chi connectivity index (χ1) is 13.6. The standard InChI is InChI=1S/C20H30N4O3S.HI/c1-6-21-20(23-12-10-17-24-13-14(2)28-17)22-11-9-15-7-8-16(25-3)19(27-5)18(15)26-4;/h7-8,13H,6,9-12H2,1-5H3,(H2,21,22,23);1H. The number of aryl methyl sites for hydroxylation is 1. The van der Waals surface area contributed by atoms with E-state index in [0.717, 1.165) is 35.9 Å². The monoisotopic (exact) mass is 534 g/mol. The summed E-state index contributed by atoms with van der Waals surface area (Å²) in [6.07, 6.45) is 3.52. The van der Waals surface area contributed by atoms with Crippen LogP contribution in [-0.4, -0.2) is 51.9 Å². The highest BCUT2D eigenvalue weighted by atomic mass is 127. The smallest absolute Gasteiger partial charge is 0.203 e. The number of rotatable bonds is 10. The van der Waals surface area contributed by atoms with Crippen LogP contribution in [0.15, 0.2) is 23.3 Å². The third-order valence-corrected chi connectivity index (χ3v) is 5.05. The van der Waals surface area contributed by atoms with Crippen molar-refractivity contribution in [2.45, 2.75) is 26.7 Å². The fourth-order valence-corrected chi connectivity index (χ4v) is 3.57. The van der Waals surface area contributed by atoms with E-state index in [1.165, 1.54) is 4.88 Å². The SMILES string of the molecule is CCNC(=NCCc1ncc(C)s1)NCCc1ccc(OC)c(OC)c1OC.I. The van der Waals surface area contributed by atoms with Gasteiger partial charge in [-0.05, 0) is 26.3 Å². The molecule has 1 heterocycles. The lowest BCUT2D eigenvalue weighted by Crippen LogP contribution is -2.38. The lowest BCUT2D eigenvalue weighted by Gasteiger charge is -2.16. The molecule has 29 heavy (non-hydrogen) atoms. The molecule has 0 saturated heterocycles. The molecule has 0 atom stereocenters. The van der Waals surface area contributed by atoms with Crippen molar-refractivity contribution in [3.63, 3.8) is 0 Å². The number of methoxy groups -OCH3 is 3. The molecule has 7 nitrogen and oxygen atoms in total. The second-order valence-electron chi connectivity index (χ2n) is 6.05. The van der Waals surface area contributed by atoms with Crippen LogP contribution in [0.2, 0.25) is 0 Å². The summed E-state index contributed by atoms with van der Waals surface area (Å²) in [5.41, 5.74) is 1.04. The Hall–Kier alpha value is -1.75. The third kappa shape index (κ3) is 7.54. The molecule has 0 unspecified atom stereocenters. The number of ether oxygens (including phenoxy) is 3. The van der Waals surface area contributed by atoms with Gasteiger partial charge in [0.05, 0.1) is 26.3 Å². The van der Waals surface area contributed by atoms with Crippen LogP contribution in [-0.2, 0) is 12.8 Å². The molecular weight excluding hydrogens is 503 g/mol. The Bertz CT molecular complexity index is 783. The van der Waals surface area contributed by atoms with E-state index in [-0.39, 0.29) is 24.0 Å². The Morgan fingerprint density at radius 1 is 1.07 bits per heavy atom. The van der Waals surface area contributed by atoms with Crippen LogP contribution in [0.3, 0.4) is 0 Å². The average molecular weight is 534 g/mol. The molecule has 2 N–H and O–H groups in total. The lowest BCUT2D eigenvalue weighted by atomic mass is 10.1. The zero-order valence-electron chi connectivity index (χ0n) is 17.7. The van der Waals surface area contributed by atoms with Gasteiger partial charge < -0.3 is 24.8 Å². The molecule has 0 aliphatic carbocycles. The van der Waals surface area contributed by atoms with Gasteiger partial charge in [0.2, 0.25) is 5.75 Å².